The van der Waals surface area contributed by atoms with Gasteiger partial charge >= 0.3 is 0 Å². The van der Waals surface area contributed by atoms with E-state index in [1.54, 1.807) is 6.07 Å². The van der Waals surface area contributed by atoms with Crippen LogP contribution in [0.4, 0.5) is 0 Å². The largest absolute Gasteiger partial charge is 0.298 e. The molecule has 0 N–H and O–H groups in total. The van der Waals surface area contributed by atoms with Crippen LogP contribution in [0.2, 0.25) is 0 Å². The van der Waals surface area contributed by atoms with Crippen molar-refractivity contribution in [1.29, 1.82) is 0 Å². The molecule has 0 aliphatic carbocycles. The van der Waals surface area contributed by atoms with Crippen LogP contribution in [0.1, 0.15) is 10.4 Å². The lowest BCUT2D eigenvalue weighted by Crippen LogP contribution is -2.14. The number of carbonyl (C=O) groups is 1. The average molecular weight is 196 g/mol. The summed E-state index contributed by atoms with van der Waals surface area (Å²) in [5.41, 5.74) is 0.659. The molecule has 0 amide bonds. The fourth-order valence-corrected chi connectivity index (χ4v) is 0.996. The van der Waals surface area contributed by atoms with Crippen molar-refractivity contribution in [3.05, 3.63) is 22.3 Å². The van der Waals surface area contributed by atoms with Crippen molar-refractivity contribution in [3.63, 3.8) is 0 Å². The van der Waals surface area contributed by atoms with Crippen LogP contribution in [0, 0.1) is 0 Å². The third-order valence-electron chi connectivity index (χ3n) is 1.09. The van der Waals surface area contributed by atoms with Crippen LogP contribution < -0.4 is 5.59 Å². The average Bonchev–Trinajstić information content (AvgIpc) is 1.88. The Morgan fingerprint density at radius 3 is 2.80 bits per heavy atom. The molecular weight excluding hydrogens is 193 g/mol. The molecule has 1 aromatic rings. The number of carbonyl (C=O) groups excluding carboxylic acids is 1. The van der Waals surface area contributed by atoms with Crippen molar-refractivity contribution >= 4 is 35.7 Å². The van der Waals surface area contributed by atoms with E-state index in [-0.39, 0.29) is 5.59 Å². The second-order valence-electron chi connectivity index (χ2n) is 1.71. The van der Waals surface area contributed by atoms with Gasteiger partial charge in [-0.3, -0.25) is 9.78 Å². The summed E-state index contributed by atoms with van der Waals surface area (Å²) >= 11 is 3.16. The molecule has 1 rings (SSSR count). The molecule has 0 spiro atoms. The highest BCUT2D eigenvalue weighted by Crippen LogP contribution is 2.09. The third-order valence-corrected chi connectivity index (χ3v) is 1.78. The molecule has 0 aliphatic rings. The number of pyridine rings is 1. The smallest absolute Gasteiger partial charge is 0.152 e. The van der Waals surface area contributed by atoms with Gasteiger partial charge in [-0.2, -0.15) is 0 Å². The van der Waals surface area contributed by atoms with Gasteiger partial charge in [0.05, 0.1) is 0 Å². The van der Waals surface area contributed by atoms with Crippen molar-refractivity contribution in [2.45, 2.75) is 0 Å². The summed E-state index contributed by atoms with van der Waals surface area (Å²) in [4.78, 5) is 14.0. The number of hydrogen-bond donors (Lipinski definition) is 0. The summed E-state index contributed by atoms with van der Waals surface area (Å²) in [6, 6.07) is 1.67. The number of aldehydes is 1. The fraction of sp³-hybridized carbons (Fsp3) is 0. The second-order valence-corrected chi connectivity index (χ2v) is 2.56. The fourth-order valence-electron chi connectivity index (χ4n) is 0.581. The first-order valence-electron chi connectivity index (χ1n) is 2.61. The summed E-state index contributed by atoms with van der Waals surface area (Å²) < 4.78 is 0.676. The van der Waals surface area contributed by atoms with E-state index >= 15 is 0 Å². The van der Waals surface area contributed by atoms with E-state index in [1.165, 1.54) is 6.20 Å². The van der Waals surface area contributed by atoms with Gasteiger partial charge in [-0.15, -0.1) is 0 Å². The van der Waals surface area contributed by atoms with Crippen molar-refractivity contribution in [1.82, 2.24) is 4.98 Å². The molecular formula is C6H3BBrNO. The molecule has 0 unspecified atom stereocenters. The van der Waals surface area contributed by atoms with Crippen LogP contribution in [0.15, 0.2) is 16.7 Å². The molecule has 0 bridgehead atoms. The van der Waals surface area contributed by atoms with E-state index in [1.807, 2.05) is 0 Å². The first-order valence-corrected chi connectivity index (χ1v) is 3.40. The minimum atomic E-state index is 0.254. The Morgan fingerprint density at radius 2 is 2.40 bits per heavy atom. The molecule has 0 fully saturated rings. The van der Waals surface area contributed by atoms with Gasteiger partial charge in [0.25, 0.3) is 0 Å². The van der Waals surface area contributed by atoms with E-state index in [2.05, 4.69) is 20.9 Å². The van der Waals surface area contributed by atoms with Gasteiger partial charge < -0.3 is 0 Å². The molecule has 1 heterocycles. The van der Waals surface area contributed by atoms with Gasteiger partial charge in [-0.05, 0) is 27.6 Å². The highest BCUT2D eigenvalue weighted by molar-refractivity contribution is 9.10. The Kier molecular flexibility index (Phi) is 2.22. The van der Waals surface area contributed by atoms with Crippen molar-refractivity contribution in [2.24, 2.45) is 0 Å². The van der Waals surface area contributed by atoms with E-state index < -0.39 is 0 Å². The Bertz CT molecular complexity index is 244. The lowest BCUT2D eigenvalue weighted by molar-refractivity contribution is 0.112. The normalized spacial score (nSPS) is 9.30. The number of halogens is 1. The number of rotatable bonds is 1. The molecule has 10 heavy (non-hydrogen) atoms. The molecule has 48 valence electrons. The molecule has 0 saturated carbocycles. The first kappa shape index (κ1) is 7.47. The van der Waals surface area contributed by atoms with Crippen LogP contribution in [0.25, 0.3) is 0 Å². The maximum Gasteiger partial charge on any atom is 0.152 e. The monoisotopic (exact) mass is 195 g/mol. The van der Waals surface area contributed by atoms with Gasteiger partial charge in [0.15, 0.2) is 6.29 Å². The number of aromatic nitrogens is 1. The Balaban J connectivity index is 3.30. The molecule has 0 atom stereocenters. The number of nitrogens with zero attached hydrogens (tertiary/aromatic N) is 1. The van der Waals surface area contributed by atoms with E-state index in [4.69, 9.17) is 7.85 Å². The Morgan fingerprint density at radius 1 is 1.70 bits per heavy atom. The summed E-state index contributed by atoms with van der Waals surface area (Å²) in [6.07, 6.45) is 2.21. The SMILES string of the molecule is [B]c1nccc(Br)c1C=O. The van der Waals surface area contributed by atoms with Crippen molar-refractivity contribution in [2.75, 3.05) is 0 Å². The van der Waals surface area contributed by atoms with Gasteiger partial charge in [0, 0.05) is 16.2 Å². The summed E-state index contributed by atoms with van der Waals surface area (Å²) in [5.74, 6) is 0. The van der Waals surface area contributed by atoms with Gasteiger partial charge in [0.2, 0.25) is 0 Å². The van der Waals surface area contributed by atoms with Crippen LogP contribution in [-0.2, 0) is 0 Å². The Labute approximate surface area is 68.2 Å². The van der Waals surface area contributed by atoms with Crippen LogP contribution >= 0.6 is 15.9 Å². The lowest BCUT2D eigenvalue weighted by Gasteiger charge is -1.97. The zero-order valence-corrected chi connectivity index (χ0v) is 6.63. The third kappa shape index (κ3) is 1.26. The summed E-state index contributed by atoms with van der Waals surface area (Å²) in [6.45, 7) is 0. The minimum absolute atomic E-state index is 0.254. The van der Waals surface area contributed by atoms with Gasteiger partial charge in [0.1, 0.15) is 7.85 Å². The Hall–Kier alpha value is -0.635. The highest BCUT2D eigenvalue weighted by atomic mass is 79.9. The zero-order chi connectivity index (χ0) is 7.56. The summed E-state index contributed by atoms with van der Waals surface area (Å²) in [7, 11) is 5.36. The van der Waals surface area contributed by atoms with Gasteiger partial charge in [-0.25, -0.2) is 0 Å². The van der Waals surface area contributed by atoms with Crippen LogP contribution in [0.5, 0.6) is 0 Å². The highest BCUT2D eigenvalue weighted by Gasteiger charge is 1.99. The molecule has 2 radical (unpaired) electrons. The molecule has 4 heteroatoms. The molecule has 0 aromatic carbocycles. The van der Waals surface area contributed by atoms with E-state index in [9.17, 15) is 4.79 Å². The summed E-state index contributed by atoms with van der Waals surface area (Å²) in [5, 5.41) is 0. The standard InChI is InChI=1S/C6H3BBrNO/c7-6-4(3-10)5(8)1-2-9-6/h1-3H. The molecule has 1 aromatic heterocycles. The first-order chi connectivity index (χ1) is 4.75. The minimum Gasteiger partial charge on any atom is -0.298 e. The zero-order valence-electron chi connectivity index (χ0n) is 5.04. The van der Waals surface area contributed by atoms with Crippen molar-refractivity contribution < 1.29 is 4.79 Å². The maximum atomic E-state index is 10.3. The van der Waals surface area contributed by atoms with E-state index in [0.29, 0.717) is 16.3 Å². The number of hydrogen-bond acceptors (Lipinski definition) is 2. The van der Waals surface area contributed by atoms with Crippen LogP contribution in [-0.4, -0.2) is 19.1 Å². The molecule has 0 saturated heterocycles. The van der Waals surface area contributed by atoms with Crippen LogP contribution in [0.3, 0.4) is 0 Å². The quantitative estimate of drug-likeness (QED) is 0.481. The van der Waals surface area contributed by atoms with Crippen molar-refractivity contribution in [3.8, 4) is 0 Å². The van der Waals surface area contributed by atoms with E-state index in [0.717, 1.165) is 0 Å². The lowest BCUT2D eigenvalue weighted by atomic mass is 9.99. The predicted molar refractivity (Wildman–Crippen MR) is 42.7 cm³/mol. The maximum absolute atomic E-state index is 10.3. The molecule has 0 aliphatic heterocycles. The topological polar surface area (TPSA) is 30.0 Å². The van der Waals surface area contributed by atoms with Gasteiger partial charge in [-0.1, -0.05) is 0 Å². The second kappa shape index (κ2) is 2.97. The molecule has 2 nitrogen and oxygen atoms in total. The predicted octanol–water partition coefficient (Wildman–Crippen LogP) is 0.450.